The molecule has 4 nitrogen and oxygen atoms in total. The molecule has 1 aliphatic heterocycles. The van der Waals surface area contributed by atoms with Gasteiger partial charge in [-0.1, -0.05) is 42.2 Å². The smallest absolute Gasteiger partial charge is 0.266 e. The number of hydrogen-bond acceptors (Lipinski definition) is 4. The van der Waals surface area contributed by atoms with E-state index >= 15 is 0 Å². The molecule has 2 aromatic heterocycles. The Balaban J connectivity index is 1.68. The number of carbonyl (C=O) groups excluding carboxylic acids is 1. The standard InChI is InChI=1S/C19H16N2O2S2/c1-2-20-11-13(15-7-3-4-8-16(15)20)10-17-18(22)21(19(24)25-17)12-14-6-5-9-23-14/h3-11H,2,12H2,1H3/b17-10-. The average molecular weight is 368 g/mol. The summed E-state index contributed by atoms with van der Waals surface area (Å²) >= 11 is 6.73. The van der Waals surface area contributed by atoms with Crippen LogP contribution in [0.2, 0.25) is 0 Å². The second kappa shape index (κ2) is 6.54. The van der Waals surface area contributed by atoms with Crippen molar-refractivity contribution in [2.45, 2.75) is 20.0 Å². The number of carbonyl (C=O) groups is 1. The van der Waals surface area contributed by atoms with E-state index in [4.69, 9.17) is 16.6 Å². The molecule has 1 saturated heterocycles. The van der Waals surface area contributed by atoms with Gasteiger partial charge in [0.2, 0.25) is 0 Å². The molecule has 0 atom stereocenters. The zero-order valence-electron chi connectivity index (χ0n) is 13.6. The fraction of sp³-hybridized carbons (Fsp3) is 0.158. The Bertz CT molecular complexity index is 986. The lowest BCUT2D eigenvalue weighted by atomic mass is 10.1. The molecular formula is C19H16N2O2S2. The van der Waals surface area contributed by atoms with Crippen LogP contribution in [0.4, 0.5) is 0 Å². The second-order valence-corrected chi connectivity index (χ2v) is 7.41. The molecule has 0 aliphatic carbocycles. The van der Waals surface area contributed by atoms with Gasteiger partial charge >= 0.3 is 0 Å². The Hall–Kier alpha value is -2.31. The van der Waals surface area contributed by atoms with Crippen molar-refractivity contribution in [2.24, 2.45) is 0 Å². The summed E-state index contributed by atoms with van der Waals surface area (Å²) in [5, 5.41) is 1.14. The van der Waals surface area contributed by atoms with Crippen LogP contribution in [0.1, 0.15) is 18.2 Å². The van der Waals surface area contributed by atoms with Crippen molar-refractivity contribution in [1.29, 1.82) is 0 Å². The summed E-state index contributed by atoms with van der Waals surface area (Å²) in [6.45, 7) is 3.36. The maximum atomic E-state index is 12.8. The Morgan fingerprint density at radius 1 is 1.24 bits per heavy atom. The zero-order valence-corrected chi connectivity index (χ0v) is 15.3. The molecule has 0 unspecified atom stereocenters. The lowest BCUT2D eigenvalue weighted by Gasteiger charge is -2.11. The monoisotopic (exact) mass is 368 g/mol. The molecule has 126 valence electrons. The first-order valence-electron chi connectivity index (χ1n) is 8.03. The van der Waals surface area contributed by atoms with Crippen LogP contribution in [0.3, 0.4) is 0 Å². The Labute approximate surface area is 155 Å². The number of para-hydroxylation sites is 1. The van der Waals surface area contributed by atoms with Crippen LogP contribution in [-0.2, 0) is 17.9 Å². The van der Waals surface area contributed by atoms with Gasteiger partial charge in [-0.25, -0.2) is 0 Å². The largest absolute Gasteiger partial charge is 0.467 e. The molecule has 1 aromatic carbocycles. The van der Waals surface area contributed by atoms with Gasteiger partial charge in [-0.05, 0) is 31.2 Å². The molecule has 1 fully saturated rings. The van der Waals surface area contributed by atoms with Gasteiger partial charge in [-0.2, -0.15) is 0 Å². The summed E-state index contributed by atoms with van der Waals surface area (Å²) in [7, 11) is 0. The fourth-order valence-electron chi connectivity index (χ4n) is 2.99. The van der Waals surface area contributed by atoms with Gasteiger partial charge in [-0.3, -0.25) is 9.69 Å². The van der Waals surface area contributed by atoms with E-state index in [1.165, 1.54) is 17.3 Å². The van der Waals surface area contributed by atoms with Crippen LogP contribution in [0, 0.1) is 0 Å². The first-order valence-corrected chi connectivity index (χ1v) is 9.25. The summed E-state index contributed by atoms with van der Waals surface area (Å²) in [5.74, 6) is 0.653. The molecule has 0 saturated carbocycles. The normalized spacial score (nSPS) is 16.5. The van der Waals surface area contributed by atoms with Gasteiger partial charge in [0.15, 0.2) is 0 Å². The third-order valence-corrected chi connectivity index (χ3v) is 5.59. The molecule has 4 rings (SSSR count). The first-order chi connectivity index (χ1) is 12.2. The molecule has 6 heteroatoms. The van der Waals surface area contributed by atoms with E-state index in [9.17, 15) is 4.79 Å². The van der Waals surface area contributed by atoms with Gasteiger partial charge in [0.05, 0.1) is 17.7 Å². The molecule has 3 heterocycles. The SMILES string of the molecule is CCn1cc(/C=C2\SC(=S)N(Cc3ccco3)C2=O)c2ccccc21. The second-order valence-electron chi connectivity index (χ2n) is 5.73. The summed E-state index contributed by atoms with van der Waals surface area (Å²) in [6.07, 6.45) is 5.63. The maximum absolute atomic E-state index is 12.8. The summed E-state index contributed by atoms with van der Waals surface area (Å²) < 4.78 is 8.08. The fourth-order valence-corrected chi connectivity index (χ4v) is 4.23. The number of furan rings is 1. The number of amides is 1. The highest BCUT2D eigenvalue weighted by Gasteiger charge is 2.32. The predicted octanol–water partition coefficient (Wildman–Crippen LogP) is 4.66. The van der Waals surface area contributed by atoms with Crippen LogP contribution >= 0.6 is 24.0 Å². The Morgan fingerprint density at radius 2 is 2.08 bits per heavy atom. The minimum absolute atomic E-state index is 0.0697. The highest BCUT2D eigenvalue weighted by molar-refractivity contribution is 8.26. The Morgan fingerprint density at radius 3 is 2.84 bits per heavy atom. The van der Waals surface area contributed by atoms with Crippen molar-refractivity contribution in [3.05, 3.63) is 65.1 Å². The van der Waals surface area contributed by atoms with Crippen LogP contribution < -0.4 is 0 Å². The van der Waals surface area contributed by atoms with Crippen LogP contribution in [-0.4, -0.2) is 19.7 Å². The highest BCUT2D eigenvalue weighted by Crippen LogP contribution is 2.35. The number of rotatable bonds is 4. The van der Waals surface area contributed by atoms with Crippen molar-refractivity contribution in [3.8, 4) is 0 Å². The molecule has 0 N–H and O–H groups in total. The quantitative estimate of drug-likeness (QED) is 0.496. The van der Waals surface area contributed by atoms with E-state index in [-0.39, 0.29) is 5.91 Å². The molecular weight excluding hydrogens is 352 g/mol. The molecule has 0 radical (unpaired) electrons. The summed E-state index contributed by atoms with van der Waals surface area (Å²) in [6, 6.07) is 11.9. The maximum Gasteiger partial charge on any atom is 0.266 e. The van der Waals surface area contributed by atoms with Crippen molar-refractivity contribution in [1.82, 2.24) is 9.47 Å². The number of aromatic nitrogens is 1. The predicted molar refractivity (Wildman–Crippen MR) is 105 cm³/mol. The number of thioether (sulfide) groups is 1. The number of thiocarbonyl (C=S) groups is 1. The molecule has 0 spiro atoms. The van der Waals surface area contributed by atoms with Crippen molar-refractivity contribution < 1.29 is 9.21 Å². The highest BCUT2D eigenvalue weighted by atomic mass is 32.2. The molecule has 1 aliphatic rings. The van der Waals surface area contributed by atoms with Gasteiger partial charge in [-0.15, -0.1) is 0 Å². The summed E-state index contributed by atoms with van der Waals surface area (Å²) in [4.78, 5) is 15.0. The molecule has 25 heavy (non-hydrogen) atoms. The molecule has 0 bridgehead atoms. The van der Waals surface area contributed by atoms with Crippen LogP contribution in [0.25, 0.3) is 17.0 Å². The lowest BCUT2D eigenvalue weighted by molar-refractivity contribution is -0.122. The summed E-state index contributed by atoms with van der Waals surface area (Å²) in [5.41, 5.74) is 2.21. The number of fused-ring (bicyclic) bond motifs is 1. The van der Waals surface area contributed by atoms with E-state index < -0.39 is 0 Å². The minimum atomic E-state index is -0.0697. The molecule has 3 aromatic rings. The van der Waals surface area contributed by atoms with Gasteiger partial charge in [0.1, 0.15) is 10.1 Å². The third-order valence-electron chi connectivity index (χ3n) is 4.21. The number of hydrogen-bond donors (Lipinski definition) is 0. The molecule has 1 amide bonds. The van der Waals surface area contributed by atoms with Crippen LogP contribution in [0.5, 0.6) is 0 Å². The van der Waals surface area contributed by atoms with Crippen LogP contribution in [0.15, 0.2) is 58.2 Å². The van der Waals surface area contributed by atoms with Gasteiger partial charge in [0.25, 0.3) is 5.91 Å². The number of aryl methyl sites for hydroxylation is 1. The zero-order chi connectivity index (χ0) is 17.4. The lowest BCUT2D eigenvalue weighted by Crippen LogP contribution is -2.27. The van der Waals surface area contributed by atoms with Crippen molar-refractivity contribution in [3.63, 3.8) is 0 Å². The van der Waals surface area contributed by atoms with Gasteiger partial charge < -0.3 is 8.98 Å². The first kappa shape index (κ1) is 16.2. The van der Waals surface area contributed by atoms with E-state index in [0.717, 1.165) is 23.3 Å². The third kappa shape index (κ3) is 2.92. The topological polar surface area (TPSA) is 38.4 Å². The van der Waals surface area contributed by atoms with Gasteiger partial charge in [0, 0.05) is 29.2 Å². The average Bonchev–Trinajstić information content (AvgIpc) is 3.31. The van der Waals surface area contributed by atoms with Crippen molar-refractivity contribution >= 4 is 51.2 Å². The number of nitrogens with zero attached hydrogens (tertiary/aromatic N) is 2. The van der Waals surface area contributed by atoms with E-state index in [2.05, 4.69) is 29.8 Å². The van der Waals surface area contributed by atoms with E-state index in [0.29, 0.717) is 15.8 Å². The van der Waals surface area contributed by atoms with E-state index in [1.54, 1.807) is 11.2 Å². The minimum Gasteiger partial charge on any atom is -0.467 e. The van der Waals surface area contributed by atoms with Crippen molar-refractivity contribution in [2.75, 3.05) is 0 Å². The van der Waals surface area contributed by atoms with E-state index in [1.807, 2.05) is 30.3 Å². The number of benzene rings is 1. The Kier molecular flexibility index (Phi) is 4.23.